The molecular formula is C11H12N2O5S2. The van der Waals surface area contributed by atoms with Gasteiger partial charge < -0.3 is 0 Å². The molecule has 20 heavy (non-hydrogen) atoms. The van der Waals surface area contributed by atoms with Gasteiger partial charge in [-0.05, 0) is 12.1 Å². The number of carbonyl (C=O) groups excluding carboxylic acids is 1. The lowest BCUT2D eigenvalue weighted by molar-refractivity contribution is 0.247. The normalized spacial score (nSPS) is 30.6. The quantitative estimate of drug-likeness (QED) is 0.767. The molecule has 1 N–H and O–H groups in total. The number of sulfonamides is 1. The molecule has 2 amide bonds. The highest BCUT2D eigenvalue weighted by atomic mass is 32.2. The van der Waals surface area contributed by atoms with E-state index in [0.717, 1.165) is 0 Å². The average Bonchev–Trinajstić information content (AvgIpc) is 2.66. The summed E-state index contributed by atoms with van der Waals surface area (Å²) in [6, 6.07) is 6.74. The van der Waals surface area contributed by atoms with Crippen LogP contribution in [0.3, 0.4) is 0 Å². The van der Waals surface area contributed by atoms with E-state index >= 15 is 0 Å². The maximum absolute atomic E-state index is 12.0. The summed E-state index contributed by atoms with van der Waals surface area (Å²) in [6.45, 7) is 0. The molecule has 2 aliphatic rings. The fraction of sp³-hybridized carbons (Fsp3) is 0.364. The molecule has 0 unspecified atom stereocenters. The fourth-order valence-electron chi connectivity index (χ4n) is 2.63. The molecule has 1 aromatic rings. The number of benzene rings is 1. The molecule has 0 aromatic heterocycles. The summed E-state index contributed by atoms with van der Waals surface area (Å²) >= 11 is 0. The van der Waals surface area contributed by atoms with E-state index in [-0.39, 0.29) is 5.75 Å². The van der Waals surface area contributed by atoms with Gasteiger partial charge in [-0.15, -0.1) is 0 Å². The Labute approximate surface area is 116 Å². The first-order valence-electron chi connectivity index (χ1n) is 5.90. The largest absolute Gasteiger partial charge is 0.335 e. The number of nitrogens with one attached hydrogen (secondary N) is 1. The lowest BCUT2D eigenvalue weighted by Crippen LogP contribution is -2.62. The maximum atomic E-state index is 12.0. The number of fused-ring (bicyclic) bond motifs is 1. The van der Waals surface area contributed by atoms with Crippen LogP contribution in [0.15, 0.2) is 30.3 Å². The van der Waals surface area contributed by atoms with E-state index in [2.05, 4.69) is 0 Å². The topological polar surface area (TPSA) is 101 Å². The molecule has 2 saturated heterocycles. The van der Waals surface area contributed by atoms with E-state index in [1.807, 2.05) is 4.72 Å². The highest BCUT2D eigenvalue weighted by Crippen LogP contribution is 2.31. The monoisotopic (exact) mass is 316 g/mol. The van der Waals surface area contributed by atoms with Crippen molar-refractivity contribution in [1.29, 1.82) is 0 Å². The molecule has 0 saturated carbocycles. The van der Waals surface area contributed by atoms with Gasteiger partial charge in [0.1, 0.15) is 5.25 Å². The summed E-state index contributed by atoms with van der Waals surface area (Å²) in [4.78, 5) is 13.2. The molecule has 2 aliphatic heterocycles. The van der Waals surface area contributed by atoms with Gasteiger partial charge in [-0.25, -0.2) is 26.4 Å². The van der Waals surface area contributed by atoms with E-state index < -0.39 is 42.9 Å². The van der Waals surface area contributed by atoms with Crippen molar-refractivity contribution in [2.75, 3.05) is 16.4 Å². The lowest BCUT2D eigenvalue weighted by atomic mass is 10.2. The Kier molecular flexibility index (Phi) is 2.80. The number of hydrogen-bond donors (Lipinski definition) is 1. The van der Waals surface area contributed by atoms with Crippen LogP contribution in [0, 0.1) is 0 Å². The van der Waals surface area contributed by atoms with Crippen molar-refractivity contribution in [2.24, 2.45) is 0 Å². The van der Waals surface area contributed by atoms with Crippen molar-refractivity contribution in [3.05, 3.63) is 30.3 Å². The second-order valence-corrected chi connectivity index (χ2v) is 8.89. The molecule has 1 aromatic carbocycles. The van der Waals surface area contributed by atoms with Gasteiger partial charge in [0.25, 0.3) is 0 Å². The van der Waals surface area contributed by atoms with Crippen LogP contribution < -0.4 is 9.62 Å². The van der Waals surface area contributed by atoms with E-state index in [4.69, 9.17) is 0 Å². The summed E-state index contributed by atoms with van der Waals surface area (Å²) in [5.74, 6) is -0.789. The predicted octanol–water partition coefficient (Wildman–Crippen LogP) is -0.288. The molecule has 2 fully saturated rings. The van der Waals surface area contributed by atoms with Crippen LogP contribution in [0.25, 0.3) is 0 Å². The molecule has 0 radical (unpaired) electrons. The van der Waals surface area contributed by atoms with Gasteiger partial charge in [0.2, 0.25) is 10.0 Å². The van der Waals surface area contributed by atoms with Gasteiger partial charge >= 0.3 is 6.03 Å². The lowest BCUT2D eigenvalue weighted by Gasteiger charge is -2.36. The summed E-state index contributed by atoms with van der Waals surface area (Å²) in [5.41, 5.74) is 0.479. The number of rotatable bonds is 1. The van der Waals surface area contributed by atoms with Crippen LogP contribution in [0.4, 0.5) is 10.5 Å². The molecule has 2 heterocycles. The molecule has 0 spiro atoms. The van der Waals surface area contributed by atoms with Crippen LogP contribution in [0.1, 0.15) is 0 Å². The minimum Gasteiger partial charge on any atom is -0.288 e. The maximum Gasteiger partial charge on any atom is 0.335 e. The fourth-order valence-corrected chi connectivity index (χ4v) is 6.97. The molecule has 9 heteroatoms. The smallest absolute Gasteiger partial charge is 0.288 e. The van der Waals surface area contributed by atoms with Crippen LogP contribution in [-0.4, -0.2) is 45.7 Å². The van der Waals surface area contributed by atoms with Crippen molar-refractivity contribution in [3.8, 4) is 0 Å². The number of carbonyl (C=O) groups is 1. The Morgan fingerprint density at radius 2 is 1.70 bits per heavy atom. The van der Waals surface area contributed by atoms with Gasteiger partial charge in [0, 0.05) is 5.69 Å². The number of para-hydroxylation sites is 1. The van der Waals surface area contributed by atoms with Crippen molar-refractivity contribution in [3.63, 3.8) is 0 Å². The number of hydrogen-bond acceptors (Lipinski definition) is 5. The number of anilines is 1. The van der Waals surface area contributed by atoms with E-state index in [0.29, 0.717) is 5.69 Å². The van der Waals surface area contributed by atoms with E-state index in [1.165, 1.54) is 4.90 Å². The molecular weight excluding hydrogens is 304 g/mol. The van der Waals surface area contributed by atoms with Crippen molar-refractivity contribution < 1.29 is 21.6 Å². The number of urea groups is 1. The van der Waals surface area contributed by atoms with E-state index in [9.17, 15) is 21.6 Å². The Morgan fingerprint density at radius 3 is 2.35 bits per heavy atom. The zero-order valence-electron chi connectivity index (χ0n) is 10.3. The standard InChI is InChI=1S/C11H12N2O5S2/c14-11-12-20(17,18)10-7-19(15,16)6-9(10)13(11)8-4-2-1-3-5-8/h1-5,9-10H,6-7H2,(H,12,14)/t9-,10+/m1/s1. The molecule has 0 aliphatic carbocycles. The second-order valence-electron chi connectivity index (χ2n) is 4.84. The summed E-state index contributed by atoms with van der Waals surface area (Å²) in [5, 5.41) is -1.12. The third-order valence-corrected chi connectivity index (χ3v) is 7.15. The third-order valence-electron chi connectivity index (χ3n) is 3.49. The molecule has 2 atom stereocenters. The van der Waals surface area contributed by atoms with Crippen molar-refractivity contribution in [1.82, 2.24) is 4.72 Å². The SMILES string of the molecule is O=C1NS(=O)(=O)[C@H]2CS(=O)(=O)C[C@H]2N1c1ccccc1. The first-order chi connectivity index (χ1) is 9.30. The summed E-state index contributed by atoms with van der Waals surface area (Å²) in [7, 11) is -7.42. The van der Waals surface area contributed by atoms with Gasteiger partial charge in [-0.3, -0.25) is 4.90 Å². The van der Waals surface area contributed by atoms with Crippen molar-refractivity contribution in [2.45, 2.75) is 11.3 Å². The summed E-state index contributed by atoms with van der Waals surface area (Å²) < 4.78 is 49.2. The Balaban J connectivity index is 2.10. The number of amides is 2. The Hall–Kier alpha value is -1.61. The molecule has 108 valence electrons. The Morgan fingerprint density at radius 1 is 1.05 bits per heavy atom. The Bertz CT molecular complexity index is 757. The minimum atomic E-state index is -3.94. The van der Waals surface area contributed by atoms with Crippen LogP contribution in [-0.2, 0) is 19.9 Å². The highest BCUT2D eigenvalue weighted by Gasteiger charge is 2.53. The van der Waals surface area contributed by atoms with Gasteiger partial charge in [0.05, 0.1) is 17.5 Å². The molecule has 0 bridgehead atoms. The summed E-state index contributed by atoms with van der Waals surface area (Å²) in [6.07, 6.45) is 0. The second kappa shape index (κ2) is 4.19. The van der Waals surface area contributed by atoms with E-state index in [1.54, 1.807) is 30.3 Å². The van der Waals surface area contributed by atoms with Crippen molar-refractivity contribution >= 4 is 31.6 Å². The average molecular weight is 316 g/mol. The van der Waals surface area contributed by atoms with Gasteiger partial charge in [0.15, 0.2) is 9.84 Å². The zero-order chi connectivity index (χ0) is 14.5. The first-order valence-corrected chi connectivity index (χ1v) is 9.27. The third kappa shape index (κ3) is 2.06. The molecule has 3 rings (SSSR count). The van der Waals surface area contributed by atoms with Gasteiger partial charge in [-0.1, -0.05) is 18.2 Å². The van der Waals surface area contributed by atoms with Gasteiger partial charge in [-0.2, -0.15) is 0 Å². The predicted molar refractivity (Wildman–Crippen MR) is 72.6 cm³/mol. The van der Waals surface area contributed by atoms with Crippen LogP contribution >= 0.6 is 0 Å². The van der Waals surface area contributed by atoms with Crippen LogP contribution in [0.2, 0.25) is 0 Å². The first kappa shape index (κ1) is 13.4. The minimum absolute atomic E-state index is 0.334. The highest BCUT2D eigenvalue weighted by molar-refractivity contribution is 7.96. The number of sulfone groups is 1. The zero-order valence-corrected chi connectivity index (χ0v) is 11.9. The number of nitrogens with zero attached hydrogens (tertiary/aromatic N) is 1. The van der Waals surface area contributed by atoms with Crippen LogP contribution in [0.5, 0.6) is 0 Å². The molecule has 7 nitrogen and oxygen atoms in total.